The molecule has 1 aliphatic heterocycles. The van der Waals surface area contributed by atoms with Crippen molar-refractivity contribution in [2.75, 3.05) is 6.54 Å². The number of carboxylic acid groups (broad SMARTS) is 1. The average Bonchev–Trinajstić information content (AvgIpc) is 2.73. The largest absolute Gasteiger partial charge is 0.481 e. The lowest BCUT2D eigenvalue weighted by Gasteiger charge is -2.23. The normalized spacial score (nSPS) is 22.6. The van der Waals surface area contributed by atoms with Crippen LogP contribution >= 0.6 is 23.2 Å². The molecule has 102 valence electrons. The molecular formula is C13H13Cl2NO3. The van der Waals surface area contributed by atoms with Crippen LogP contribution in [0.25, 0.3) is 0 Å². The number of carboxylic acids is 1. The topological polar surface area (TPSA) is 57.6 Å². The van der Waals surface area contributed by atoms with Crippen molar-refractivity contribution < 1.29 is 14.7 Å². The van der Waals surface area contributed by atoms with E-state index in [1.807, 2.05) is 0 Å². The molecule has 2 rings (SSSR count). The molecule has 0 radical (unpaired) electrons. The molecule has 1 aromatic carbocycles. The summed E-state index contributed by atoms with van der Waals surface area (Å²) in [6.07, 6.45) is 0.459. The zero-order chi connectivity index (χ0) is 14.2. The molecule has 0 aromatic heterocycles. The first-order chi connectivity index (χ1) is 8.91. The van der Waals surface area contributed by atoms with Crippen molar-refractivity contribution in [3.05, 3.63) is 33.8 Å². The molecule has 1 amide bonds. The predicted octanol–water partition coefficient (Wildman–Crippen LogP) is 2.93. The number of carbonyl (C=O) groups excluding carboxylic acids is 1. The number of likely N-dealkylation sites (tertiary alicyclic amines) is 1. The monoisotopic (exact) mass is 301 g/mol. The van der Waals surface area contributed by atoms with Crippen LogP contribution < -0.4 is 0 Å². The maximum absolute atomic E-state index is 12.4. The highest BCUT2D eigenvalue weighted by molar-refractivity contribution is 6.35. The summed E-state index contributed by atoms with van der Waals surface area (Å²) in [5, 5.41) is 9.81. The van der Waals surface area contributed by atoms with E-state index in [-0.39, 0.29) is 11.9 Å². The second kappa shape index (κ2) is 5.39. The summed E-state index contributed by atoms with van der Waals surface area (Å²) in [7, 11) is 0. The molecule has 1 fully saturated rings. The first kappa shape index (κ1) is 14.2. The van der Waals surface area contributed by atoms with Crippen LogP contribution in [0.1, 0.15) is 23.7 Å². The van der Waals surface area contributed by atoms with Gasteiger partial charge in [-0.2, -0.15) is 0 Å². The van der Waals surface area contributed by atoms with Gasteiger partial charge in [-0.15, -0.1) is 0 Å². The molecule has 0 aliphatic carbocycles. The molecular weight excluding hydrogens is 289 g/mol. The smallest absolute Gasteiger partial charge is 0.308 e. The summed E-state index contributed by atoms with van der Waals surface area (Å²) in [5.74, 6) is -1.68. The van der Waals surface area contributed by atoms with Crippen molar-refractivity contribution >= 4 is 35.1 Å². The zero-order valence-corrected chi connectivity index (χ0v) is 11.8. The van der Waals surface area contributed by atoms with E-state index in [9.17, 15) is 9.59 Å². The third-order valence-corrected chi connectivity index (χ3v) is 4.06. The second-order valence-corrected chi connectivity index (χ2v) is 5.44. The molecule has 4 nitrogen and oxygen atoms in total. The van der Waals surface area contributed by atoms with Gasteiger partial charge in [0.2, 0.25) is 0 Å². The van der Waals surface area contributed by atoms with Crippen LogP contribution in [0.2, 0.25) is 10.0 Å². The molecule has 1 heterocycles. The van der Waals surface area contributed by atoms with Crippen molar-refractivity contribution in [1.82, 2.24) is 4.90 Å². The fourth-order valence-electron chi connectivity index (χ4n) is 2.37. The number of hydrogen-bond donors (Lipinski definition) is 1. The second-order valence-electron chi connectivity index (χ2n) is 4.60. The van der Waals surface area contributed by atoms with Crippen LogP contribution in [0.4, 0.5) is 0 Å². The van der Waals surface area contributed by atoms with Crippen LogP contribution in [-0.4, -0.2) is 34.5 Å². The number of rotatable bonds is 2. The molecule has 2 unspecified atom stereocenters. The van der Waals surface area contributed by atoms with Gasteiger partial charge in [-0.1, -0.05) is 23.2 Å². The highest BCUT2D eigenvalue weighted by atomic mass is 35.5. The van der Waals surface area contributed by atoms with Crippen molar-refractivity contribution in [1.29, 1.82) is 0 Å². The Morgan fingerprint density at radius 3 is 2.63 bits per heavy atom. The Morgan fingerprint density at radius 2 is 2.05 bits per heavy atom. The van der Waals surface area contributed by atoms with Gasteiger partial charge >= 0.3 is 5.97 Å². The molecule has 0 bridgehead atoms. The van der Waals surface area contributed by atoms with Crippen LogP contribution in [-0.2, 0) is 4.79 Å². The number of hydrogen-bond acceptors (Lipinski definition) is 2. The van der Waals surface area contributed by atoms with E-state index < -0.39 is 11.9 Å². The fraction of sp³-hybridized carbons (Fsp3) is 0.385. The summed E-state index contributed by atoms with van der Waals surface area (Å²) in [6.45, 7) is 2.15. The Morgan fingerprint density at radius 1 is 1.37 bits per heavy atom. The Kier molecular flexibility index (Phi) is 4.02. The summed E-state index contributed by atoms with van der Waals surface area (Å²) in [4.78, 5) is 25.0. The maximum atomic E-state index is 12.4. The van der Waals surface area contributed by atoms with Gasteiger partial charge in [0.1, 0.15) is 0 Å². The number of amides is 1. The van der Waals surface area contributed by atoms with Gasteiger partial charge in [-0.3, -0.25) is 9.59 Å². The lowest BCUT2D eigenvalue weighted by atomic mass is 10.0. The summed E-state index contributed by atoms with van der Waals surface area (Å²) in [6, 6.07) is 4.33. The summed E-state index contributed by atoms with van der Waals surface area (Å²) >= 11 is 11.9. The number of carbonyl (C=O) groups is 2. The minimum absolute atomic E-state index is 0.274. The molecule has 1 aromatic rings. The van der Waals surface area contributed by atoms with Crippen LogP contribution in [0.3, 0.4) is 0 Å². The number of benzene rings is 1. The first-order valence-corrected chi connectivity index (χ1v) is 6.66. The Hall–Kier alpha value is -1.26. The zero-order valence-electron chi connectivity index (χ0n) is 10.3. The first-order valence-electron chi connectivity index (χ1n) is 5.90. The number of halogens is 2. The number of nitrogens with zero attached hydrogens (tertiary/aromatic N) is 1. The van der Waals surface area contributed by atoms with E-state index in [2.05, 4.69) is 0 Å². The minimum Gasteiger partial charge on any atom is -0.481 e. The van der Waals surface area contributed by atoms with Gasteiger partial charge in [0.15, 0.2) is 0 Å². The van der Waals surface area contributed by atoms with Crippen molar-refractivity contribution in [3.63, 3.8) is 0 Å². The van der Waals surface area contributed by atoms with Crippen molar-refractivity contribution in [2.24, 2.45) is 5.92 Å². The quantitative estimate of drug-likeness (QED) is 0.914. The summed E-state index contributed by atoms with van der Waals surface area (Å²) < 4.78 is 0. The van der Waals surface area contributed by atoms with E-state index in [0.29, 0.717) is 28.6 Å². The minimum atomic E-state index is -0.875. The Balaban J connectivity index is 2.26. The van der Waals surface area contributed by atoms with Crippen LogP contribution in [0.15, 0.2) is 18.2 Å². The molecule has 2 atom stereocenters. The molecule has 6 heteroatoms. The fourth-order valence-corrected chi connectivity index (χ4v) is 2.74. The van der Waals surface area contributed by atoms with Gasteiger partial charge in [0.25, 0.3) is 5.91 Å². The standard InChI is InChI=1S/C13H13Cl2NO3/c1-7-9(13(18)19)4-5-16(7)12(17)10-6-8(14)2-3-11(10)15/h2-3,6-7,9H,4-5H2,1H3,(H,18,19). The SMILES string of the molecule is CC1C(C(=O)O)CCN1C(=O)c1cc(Cl)ccc1Cl. The van der Waals surface area contributed by atoms with Crippen molar-refractivity contribution in [2.45, 2.75) is 19.4 Å². The lowest BCUT2D eigenvalue weighted by molar-refractivity contribution is -0.142. The van der Waals surface area contributed by atoms with E-state index in [4.69, 9.17) is 28.3 Å². The maximum Gasteiger partial charge on any atom is 0.308 e. The third-order valence-electron chi connectivity index (χ3n) is 3.49. The lowest BCUT2D eigenvalue weighted by Crippen LogP contribution is -2.37. The predicted molar refractivity (Wildman–Crippen MR) is 72.7 cm³/mol. The average molecular weight is 302 g/mol. The van der Waals surface area contributed by atoms with Crippen LogP contribution in [0.5, 0.6) is 0 Å². The molecule has 1 aliphatic rings. The molecule has 1 saturated heterocycles. The van der Waals surface area contributed by atoms with Gasteiger partial charge < -0.3 is 10.0 Å². The van der Waals surface area contributed by atoms with Gasteiger partial charge in [-0.05, 0) is 31.5 Å². The molecule has 0 spiro atoms. The Bertz CT molecular complexity index is 533. The van der Waals surface area contributed by atoms with E-state index in [1.165, 1.54) is 11.0 Å². The van der Waals surface area contributed by atoms with Crippen molar-refractivity contribution in [3.8, 4) is 0 Å². The van der Waals surface area contributed by atoms with Crippen LogP contribution in [0, 0.1) is 5.92 Å². The highest BCUT2D eigenvalue weighted by Crippen LogP contribution is 2.29. The molecule has 19 heavy (non-hydrogen) atoms. The third kappa shape index (κ3) is 2.69. The molecule has 1 N–H and O–H groups in total. The van der Waals surface area contributed by atoms with E-state index >= 15 is 0 Å². The molecule has 0 saturated carbocycles. The Labute approximate surface area is 120 Å². The van der Waals surface area contributed by atoms with Gasteiger partial charge in [0, 0.05) is 17.6 Å². The van der Waals surface area contributed by atoms with Gasteiger partial charge in [-0.25, -0.2) is 0 Å². The summed E-state index contributed by atoms with van der Waals surface area (Å²) in [5.41, 5.74) is 0.312. The highest BCUT2D eigenvalue weighted by Gasteiger charge is 2.38. The van der Waals surface area contributed by atoms with E-state index in [1.54, 1.807) is 19.1 Å². The van der Waals surface area contributed by atoms with Gasteiger partial charge in [0.05, 0.1) is 16.5 Å². The number of aliphatic carboxylic acids is 1. The van der Waals surface area contributed by atoms with E-state index in [0.717, 1.165) is 0 Å².